The number of aromatic nitrogens is 2. The first-order valence-corrected chi connectivity index (χ1v) is 7.10. The second-order valence-corrected chi connectivity index (χ2v) is 5.80. The molecule has 0 atom stereocenters. The second-order valence-electron chi connectivity index (χ2n) is 4.95. The van der Waals surface area contributed by atoms with Gasteiger partial charge in [0, 0.05) is 9.86 Å². The monoisotopic (exact) mass is 314 g/mol. The molecule has 0 N–H and O–H groups in total. The van der Waals surface area contributed by atoms with Gasteiger partial charge in [-0.25, -0.2) is 0 Å². The third-order valence-corrected chi connectivity index (χ3v) is 4.23. The van der Waals surface area contributed by atoms with Crippen molar-refractivity contribution in [1.82, 2.24) is 9.78 Å². The number of nitrogens with zero attached hydrogens (tertiary/aromatic N) is 2. The van der Waals surface area contributed by atoms with E-state index in [0.717, 1.165) is 11.0 Å². The average Bonchev–Trinajstić information content (AvgIpc) is 2.76. The standard InChI is InChI=1S/C16H15BrN2/c1-11-3-5-13(6-4-11)10-19-16-7-12(2)15(17)8-14(16)9-18-19/h3-9H,10H2,1-2H3. The predicted octanol–water partition coefficient (Wildman–Crippen LogP) is 4.46. The maximum absolute atomic E-state index is 4.49. The summed E-state index contributed by atoms with van der Waals surface area (Å²) in [6.07, 6.45) is 1.92. The van der Waals surface area contributed by atoms with Gasteiger partial charge in [-0.05, 0) is 37.1 Å². The summed E-state index contributed by atoms with van der Waals surface area (Å²) in [5.74, 6) is 0. The van der Waals surface area contributed by atoms with Gasteiger partial charge >= 0.3 is 0 Å². The van der Waals surface area contributed by atoms with Crippen molar-refractivity contribution in [3.8, 4) is 0 Å². The van der Waals surface area contributed by atoms with Gasteiger partial charge in [0.25, 0.3) is 0 Å². The van der Waals surface area contributed by atoms with Crippen LogP contribution < -0.4 is 0 Å². The topological polar surface area (TPSA) is 17.8 Å². The summed E-state index contributed by atoms with van der Waals surface area (Å²) in [6.45, 7) is 5.02. The van der Waals surface area contributed by atoms with Gasteiger partial charge in [-0.3, -0.25) is 4.68 Å². The lowest BCUT2D eigenvalue weighted by atomic mass is 10.1. The first-order valence-electron chi connectivity index (χ1n) is 6.31. The van der Waals surface area contributed by atoms with Crippen LogP contribution >= 0.6 is 15.9 Å². The van der Waals surface area contributed by atoms with E-state index in [0.29, 0.717) is 0 Å². The van der Waals surface area contributed by atoms with E-state index in [1.54, 1.807) is 0 Å². The van der Waals surface area contributed by atoms with Gasteiger partial charge in [0.2, 0.25) is 0 Å². The van der Waals surface area contributed by atoms with Gasteiger partial charge in [-0.1, -0.05) is 45.8 Å². The van der Waals surface area contributed by atoms with Gasteiger partial charge in [-0.15, -0.1) is 0 Å². The van der Waals surface area contributed by atoms with E-state index in [1.807, 2.05) is 6.20 Å². The van der Waals surface area contributed by atoms with E-state index in [9.17, 15) is 0 Å². The summed E-state index contributed by atoms with van der Waals surface area (Å²) >= 11 is 3.56. The molecule has 3 rings (SSSR count). The molecule has 3 aromatic rings. The Balaban J connectivity index is 2.01. The van der Waals surface area contributed by atoms with E-state index in [4.69, 9.17) is 0 Å². The largest absolute Gasteiger partial charge is 0.260 e. The van der Waals surface area contributed by atoms with E-state index in [1.165, 1.54) is 27.6 Å². The van der Waals surface area contributed by atoms with Crippen LogP contribution in [-0.2, 0) is 6.54 Å². The van der Waals surface area contributed by atoms with Crippen molar-refractivity contribution < 1.29 is 0 Å². The van der Waals surface area contributed by atoms with Crippen molar-refractivity contribution in [1.29, 1.82) is 0 Å². The number of hydrogen-bond donors (Lipinski definition) is 0. The molecule has 2 nitrogen and oxygen atoms in total. The molecule has 0 saturated carbocycles. The highest BCUT2D eigenvalue weighted by molar-refractivity contribution is 9.10. The Morgan fingerprint density at radius 1 is 1.11 bits per heavy atom. The van der Waals surface area contributed by atoms with E-state index >= 15 is 0 Å². The Morgan fingerprint density at radius 2 is 1.84 bits per heavy atom. The minimum absolute atomic E-state index is 0.810. The predicted molar refractivity (Wildman–Crippen MR) is 82.5 cm³/mol. The first-order chi connectivity index (χ1) is 9.13. The molecular formula is C16H15BrN2. The number of aryl methyl sites for hydroxylation is 2. The molecule has 0 aliphatic heterocycles. The third kappa shape index (κ3) is 2.43. The minimum Gasteiger partial charge on any atom is -0.260 e. The van der Waals surface area contributed by atoms with Crippen LogP contribution in [0.4, 0.5) is 0 Å². The van der Waals surface area contributed by atoms with Crippen molar-refractivity contribution in [2.45, 2.75) is 20.4 Å². The lowest BCUT2D eigenvalue weighted by Gasteiger charge is -2.06. The zero-order chi connectivity index (χ0) is 13.4. The van der Waals surface area contributed by atoms with Crippen LogP contribution in [-0.4, -0.2) is 9.78 Å². The molecule has 0 radical (unpaired) electrons. The van der Waals surface area contributed by atoms with Crippen molar-refractivity contribution in [3.05, 3.63) is 63.8 Å². The van der Waals surface area contributed by atoms with Gasteiger partial charge in [0.1, 0.15) is 0 Å². The molecule has 0 aliphatic rings. The number of benzene rings is 2. The summed E-state index contributed by atoms with van der Waals surface area (Å²) in [5, 5.41) is 5.66. The van der Waals surface area contributed by atoms with E-state index in [-0.39, 0.29) is 0 Å². The molecule has 0 saturated heterocycles. The van der Waals surface area contributed by atoms with Crippen LogP contribution in [0.25, 0.3) is 10.9 Å². The quantitative estimate of drug-likeness (QED) is 0.682. The van der Waals surface area contributed by atoms with Crippen LogP contribution in [0, 0.1) is 13.8 Å². The number of fused-ring (bicyclic) bond motifs is 1. The Labute approximate surface area is 121 Å². The van der Waals surface area contributed by atoms with Crippen molar-refractivity contribution in [3.63, 3.8) is 0 Å². The SMILES string of the molecule is Cc1ccc(Cn2ncc3cc(Br)c(C)cc32)cc1. The van der Waals surface area contributed by atoms with Crippen molar-refractivity contribution >= 4 is 26.8 Å². The van der Waals surface area contributed by atoms with Gasteiger partial charge in [0.05, 0.1) is 18.3 Å². The highest BCUT2D eigenvalue weighted by atomic mass is 79.9. The zero-order valence-corrected chi connectivity index (χ0v) is 12.6. The fourth-order valence-corrected chi connectivity index (χ4v) is 2.56. The Hall–Kier alpha value is -1.61. The lowest BCUT2D eigenvalue weighted by molar-refractivity contribution is 0.712. The third-order valence-electron chi connectivity index (χ3n) is 3.38. The van der Waals surface area contributed by atoms with Crippen LogP contribution in [0.2, 0.25) is 0 Å². The molecule has 0 bridgehead atoms. The van der Waals surface area contributed by atoms with Crippen LogP contribution in [0.1, 0.15) is 16.7 Å². The Kier molecular flexibility index (Phi) is 3.15. The number of halogens is 1. The maximum Gasteiger partial charge on any atom is 0.0689 e. The van der Waals surface area contributed by atoms with Gasteiger partial charge in [-0.2, -0.15) is 5.10 Å². The molecule has 0 unspecified atom stereocenters. The smallest absolute Gasteiger partial charge is 0.0689 e. The van der Waals surface area contributed by atoms with Crippen molar-refractivity contribution in [2.75, 3.05) is 0 Å². The molecule has 0 spiro atoms. The van der Waals surface area contributed by atoms with E-state index in [2.05, 4.69) is 76.0 Å². The molecule has 0 fully saturated rings. The van der Waals surface area contributed by atoms with Crippen LogP contribution in [0.15, 0.2) is 47.1 Å². The lowest BCUT2D eigenvalue weighted by Crippen LogP contribution is -2.01. The molecule has 2 aromatic carbocycles. The molecule has 0 aliphatic carbocycles. The average molecular weight is 315 g/mol. The van der Waals surface area contributed by atoms with E-state index < -0.39 is 0 Å². The second kappa shape index (κ2) is 4.82. The molecule has 1 heterocycles. The summed E-state index contributed by atoms with van der Waals surface area (Å²) < 4.78 is 3.19. The Morgan fingerprint density at radius 3 is 2.58 bits per heavy atom. The summed E-state index contributed by atoms with van der Waals surface area (Å²) in [5.41, 5.74) is 4.98. The number of rotatable bonds is 2. The van der Waals surface area contributed by atoms with Crippen LogP contribution in [0.5, 0.6) is 0 Å². The van der Waals surface area contributed by atoms with Gasteiger partial charge < -0.3 is 0 Å². The molecule has 96 valence electrons. The Bertz CT molecular complexity index is 726. The zero-order valence-electron chi connectivity index (χ0n) is 11.0. The van der Waals surface area contributed by atoms with Gasteiger partial charge in [0.15, 0.2) is 0 Å². The first kappa shape index (κ1) is 12.4. The summed E-state index contributed by atoms with van der Waals surface area (Å²) in [6, 6.07) is 12.9. The highest BCUT2D eigenvalue weighted by Crippen LogP contribution is 2.24. The fourth-order valence-electron chi connectivity index (χ4n) is 2.20. The normalized spacial score (nSPS) is 11.1. The molecule has 1 aromatic heterocycles. The van der Waals surface area contributed by atoms with Crippen molar-refractivity contribution in [2.24, 2.45) is 0 Å². The molecular weight excluding hydrogens is 300 g/mol. The number of hydrogen-bond acceptors (Lipinski definition) is 1. The van der Waals surface area contributed by atoms with Crippen LogP contribution in [0.3, 0.4) is 0 Å². The molecule has 19 heavy (non-hydrogen) atoms. The summed E-state index contributed by atoms with van der Waals surface area (Å²) in [7, 11) is 0. The molecule has 0 amide bonds. The summed E-state index contributed by atoms with van der Waals surface area (Å²) in [4.78, 5) is 0. The molecule has 3 heteroatoms. The highest BCUT2D eigenvalue weighted by Gasteiger charge is 2.06. The fraction of sp³-hybridized carbons (Fsp3) is 0.188. The maximum atomic E-state index is 4.49. The minimum atomic E-state index is 0.810.